The largest absolute Gasteiger partial charge is 0.416 e. The minimum Gasteiger partial charge on any atom is -0.375 e. The van der Waals surface area contributed by atoms with Crippen LogP contribution in [0.25, 0.3) is 0 Å². The van der Waals surface area contributed by atoms with Crippen LogP contribution in [0.1, 0.15) is 21.5 Å². The van der Waals surface area contributed by atoms with Gasteiger partial charge in [0.2, 0.25) is 0 Å². The number of aliphatic imine (C=N–C) groups is 1. The zero-order valence-electron chi connectivity index (χ0n) is 18.5. The summed E-state index contributed by atoms with van der Waals surface area (Å²) in [6.45, 7) is -0.0281. The van der Waals surface area contributed by atoms with E-state index in [0.717, 1.165) is 12.3 Å². The molecule has 0 saturated carbocycles. The number of nitrogens with one attached hydrogen (secondary N) is 2. The first-order valence-electron chi connectivity index (χ1n) is 10.5. The van der Waals surface area contributed by atoms with Crippen molar-refractivity contribution in [3.63, 3.8) is 0 Å². The smallest absolute Gasteiger partial charge is 0.375 e. The highest BCUT2D eigenvalue weighted by atomic mass is 19.4. The average molecular weight is 484 g/mol. The third-order valence-corrected chi connectivity index (χ3v) is 5.32. The molecule has 2 N–H and O–H groups in total. The summed E-state index contributed by atoms with van der Waals surface area (Å²) in [6.07, 6.45) is -0.441. The van der Waals surface area contributed by atoms with Gasteiger partial charge in [0.1, 0.15) is 6.54 Å². The van der Waals surface area contributed by atoms with E-state index in [1.165, 1.54) is 30.8 Å². The summed E-state index contributed by atoms with van der Waals surface area (Å²) in [4.78, 5) is 16.3. The van der Waals surface area contributed by atoms with Crippen LogP contribution in [0, 0.1) is 6.42 Å². The maximum Gasteiger partial charge on any atom is 0.416 e. The molecule has 0 spiro atoms. The van der Waals surface area contributed by atoms with E-state index in [0.29, 0.717) is 17.3 Å². The molecule has 4 rings (SSSR count). The molecule has 0 aromatic heterocycles. The third kappa shape index (κ3) is 5.51. The number of nitrogens with zero attached hydrogens (tertiary/aromatic N) is 4. The molecule has 35 heavy (non-hydrogen) atoms. The van der Waals surface area contributed by atoms with Crippen molar-refractivity contribution >= 4 is 23.6 Å². The van der Waals surface area contributed by atoms with E-state index in [4.69, 9.17) is 0 Å². The number of carbonyl (C=O) groups is 1. The SMILES string of the molecule is C[N+]1=C(CNc2cccc(C(=O)NCc3ccccc3C(F)(F)F)c2)N=N/C1=C1\[CH]C=NC=C1F. The Bertz CT molecular complexity index is 1310. The standard InChI is InChI=1S/C24H19F4N6O/c1-34-21(32-33-22(34)18-9-10-29-13-20(18)25)14-30-17-7-4-6-15(11-17)23(35)31-12-16-5-2-3-8-19(16)24(26,27)28/h2-11,13,30H,12,14H2,1H3/p+1. The number of amides is 1. The second kappa shape index (κ2) is 10.00. The van der Waals surface area contributed by atoms with E-state index in [-0.39, 0.29) is 29.8 Å². The van der Waals surface area contributed by atoms with Crippen molar-refractivity contribution in [1.29, 1.82) is 0 Å². The summed E-state index contributed by atoms with van der Waals surface area (Å²) in [6, 6.07) is 11.6. The number of rotatable bonds is 6. The Labute approximate surface area is 198 Å². The first-order chi connectivity index (χ1) is 16.7. The van der Waals surface area contributed by atoms with E-state index in [1.54, 1.807) is 35.9 Å². The minimum atomic E-state index is -4.51. The zero-order chi connectivity index (χ0) is 25.0. The molecule has 2 aromatic rings. The lowest BCUT2D eigenvalue weighted by Gasteiger charge is -2.13. The molecule has 0 fully saturated rings. The Kier molecular flexibility index (Phi) is 6.85. The molecule has 2 aliphatic rings. The van der Waals surface area contributed by atoms with Crippen LogP contribution in [0.15, 0.2) is 87.2 Å². The number of hydrogen-bond acceptors (Lipinski definition) is 5. The van der Waals surface area contributed by atoms with Crippen LogP contribution >= 0.6 is 0 Å². The molecule has 2 heterocycles. The summed E-state index contributed by atoms with van der Waals surface area (Å²) in [5.74, 6) is -0.164. The number of benzene rings is 2. The second-order valence-corrected chi connectivity index (χ2v) is 7.63. The van der Waals surface area contributed by atoms with Gasteiger partial charge in [-0.15, -0.1) is 0 Å². The lowest BCUT2D eigenvalue weighted by Crippen LogP contribution is -2.25. The van der Waals surface area contributed by atoms with Crippen molar-refractivity contribution in [1.82, 2.24) is 5.32 Å². The maximum absolute atomic E-state index is 14.0. The molecule has 179 valence electrons. The van der Waals surface area contributed by atoms with E-state index < -0.39 is 23.5 Å². The molecular formula is C24H20F4N6O+. The summed E-state index contributed by atoms with van der Waals surface area (Å²) in [7, 11) is 1.70. The summed E-state index contributed by atoms with van der Waals surface area (Å²) in [5.41, 5.74) is 0.328. The van der Waals surface area contributed by atoms with Crippen molar-refractivity contribution in [2.75, 3.05) is 18.9 Å². The molecule has 0 aliphatic carbocycles. The van der Waals surface area contributed by atoms with Crippen LogP contribution in [-0.4, -0.2) is 36.1 Å². The van der Waals surface area contributed by atoms with Gasteiger partial charge in [0.05, 0.1) is 34.6 Å². The molecule has 11 heteroatoms. The van der Waals surface area contributed by atoms with E-state index in [1.807, 2.05) is 0 Å². The number of allylic oxidation sites excluding steroid dienone is 2. The highest BCUT2D eigenvalue weighted by Crippen LogP contribution is 2.31. The van der Waals surface area contributed by atoms with Gasteiger partial charge >= 0.3 is 17.8 Å². The highest BCUT2D eigenvalue weighted by Gasteiger charge is 2.33. The molecular weight excluding hydrogens is 464 g/mol. The van der Waals surface area contributed by atoms with Crippen molar-refractivity contribution in [3.8, 4) is 0 Å². The number of amidine groups is 1. The van der Waals surface area contributed by atoms with Crippen LogP contribution in [0.3, 0.4) is 0 Å². The lowest BCUT2D eigenvalue weighted by atomic mass is 10.1. The summed E-state index contributed by atoms with van der Waals surface area (Å²) in [5, 5.41) is 13.8. The van der Waals surface area contributed by atoms with E-state index in [2.05, 4.69) is 25.9 Å². The second-order valence-electron chi connectivity index (χ2n) is 7.63. The Balaban J connectivity index is 1.41. The number of hydrogen-bond donors (Lipinski definition) is 2. The Morgan fingerprint density at radius 2 is 1.86 bits per heavy atom. The van der Waals surface area contributed by atoms with Gasteiger partial charge in [0.15, 0.2) is 5.83 Å². The van der Waals surface area contributed by atoms with Gasteiger partial charge in [-0.2, -0.15) is 13.2 Å². The van der Waals surface area contributed by atoms with Crippen molar-refractivity contribution in [2.24, 2.45) is 15.2 Å². The van der Waals surface area contributed by atoms with E-state index >= 15 is 0 Å². The van der Waals surface area contributed by atoms with Gasteiger partial charge in [0.25, 0.3) is 5.91 Å². The monoisotopic (exact) mass is 484 g/mol. The minimum absolute atomic E-state index is 0.0219. The normalized spacial score (nSPS) is 17.6. The van der Waals surface area contributed by atoms with Crippen LogP contribution in [0.2, 0.25) is 0 Å². The molecule has 0 saturated heterocycles. The topological polar surface area (TPSA) is 81.2 Å². The number of halogens is 4. The molecule has 0 bridgehead atoms. The Morgan fingerprint density at radius 1 is 1.06 bits per heavy atom. The predicted octanol–water partition coefficient (Wildman–Crippen LogP) is 4.87. The predicted molar refractivity (Wildman–Crippen MR) is 123 cm³/mol. The van der Waals surface area contributed by atoms with Gasteiger partial charge in [0, 0.05) is 30.4 Å². The fourth-order valence-corrected chi connectivity index (χ4v) is 3.49. The van der Waals surface area contributed by atoms with Crippen LogP contribution in [0.4, 0.5) is 23.2 Å². The van der Waals surface area contributed by atoms with Crippen molar-refractivity contribution in [3.05, 3.63) is 95.1 Å². The summed E-state index contributed by atoms with van der Waals surface area (Å²) < 4.78 is 55.2. The van der Waals surface area contributed by atoms with Gasteiger partial charge in [-0.05, 0) is 29.8 Å². The molecule has 1 amide bonds. The van der Waals surface area contributed by atoms with Gasteiger partial charge in [-0.1, -0.05) is 24.3 Å². The Hall–Kier alpha value is -4.15. The quantitative estimate of drug-likeness (QED) is 0.453. The van der Waals surface area contributed by atoms with Gasteiger partial charge in [-0.25, -0.2) is 8.97 Å². The summed E-state index contributed by atoms with van der Waals surface area (Å²) >= 11 is 0. The first-order valence-corrected chi connectivity index (χ1v) is 10.5. The van der Waals surface area contributed by atoms with Crippen molar-refractivity contribution in [2.45, 2.75) is 12.7 Å². The Morgan fingerprint density at radius 3 is 2.63 bits per heavy atom. The first kappa shape index (κ1) is 24.0. The van der Waals surface area contributed by atoms with E-state index in [9.17, 15) is 22.4 Å². The maximum atomic E-state index is 14.0. The molecule has 0 atom stereocenters. The van der Waals surface area contributed by atoms with Crippen LogP contribution in [0.5, 0.6) is 0 Å². The van der Waals surface area contributed by atoms with Gasteiger partial charge in [-0.3, -0.25) is 9.79 Å². The number of alkyl halides is 3. The fourth-order valence-electron chi connectivity index (χ4n) is 3.49. The highest BCUT2D eigenvalue weighted by molar-refractivity contribution is 5.95. The van der Waals surface area contributed by atoms with Crippen molar-refractivity contribution < 1.29 is 26.9 Å². The third-order valence-electron chi connectivity index (χ3n) is 5.32. The van der Waals surface area contributed by atoms with Gasteiger partial charge < -0.3 is 10.6 Å². The molecule has 7 nitrogen and oxygen atoms in total. The zero-order valence-corrected chi connectivity index (χ0v) is 18.5. The molecule has 0 unspecified atom stereocenters. The molecule has 1 radical (unpaired) electrons. The lowest BCUT2D eigenvalue weighted by molar-refractivity contribution is -0.441. The fraction of sp³-hybridized carbons (Fsp3) is 0.167. The molecule has 2 aromatic carbocycles. The number of anilines is 1. The molecule has 2 aliphatic heterocycles. The van der Waals surface area contributed by atoms with Crippen LogP contribution in [-0.2, 0) is 12.7 Å². The number of azo groups is 1. The van der Waals surface area contributed by atoms with Crippen LogP contribution < -0.4 is 10.6 Å². The number of carbonyl (C=O) groups excluding carboxylic acids is 1. The average Bonchev–Trinajstić information content (AvgIpc) is 3.21.